The van der Waals surface area contributed by atoms with Gasteiger partial charge in [0, 0.05) is 29.2 Å². The van der Waals surface area contributed by atoms with Gasteiger partial charge < -0.3 is 14.4 Å². The summed E-state index contributed by atoms with van der Waals surface area (Å²) in [5.41, 5.74) is 2.56. The molecule has 1 N–H and O–H groups in total. The van der Waals surface area contributed by atoms with Crippen molar-refractivity contribution in [1.82, 2.24) is 20.6 Å². The Morgan fingerprint density at radius 1 is 1.15 bits per heavy atom. The molecule has 2 aromatic carbocycles. The quantitative estimate of drug-likeness (QED) is 0.523. The van der Waals surface area contributed by atoms with Crippen LogP contribution in [0.4, 0.5) is 5.69 Å². The van der Waals surface area contributed by atoms with Crippen molar-refractivity contribution in [3.8, 4) is 11.5 Å². The van der Waals surface area contributed by atoms with Crippen molar-refractivity contribution in [2.45, 2.75) is 37.7 Å². The predicted molar refractivity (Wildman–Crippen MR) is 134 cm³/mol. The Balaban J connectivity index is 1.92. The summed E-state index contributed by atoms with van der Waals surface area (Å²) in [7, 11) is 3.23. The van der Waals surface area contributed by atoms with Crippen molar-refractivity contribution in [2.24, 2.45) is 5.41 Å². The Labute approximate surface area is 208 Å². The fraction of sp³-hybridized carbons (Fsp3) is 0.417. The van der Waals surface area contributed by atoms with Gasteiger partial charge in [0.05, 0.1) is 24.7 Å². The fourth-order valence-corrected chi connectivity index (χ4v) is 5.80. The Morgan fingerprint density at radius 3 is 2.59 bits per heavy atom. The number of tetrazole rings is 1. The zero-order valence-electron chi connectivity index (χ0n) is 19.8. The second-order valence-corrected chi connectivity index (χ2v) is 11.1. The Kier molecular flexibility index (Phi) is 7.04. The molecule has 180 valence electrons. The minimum absolute atomic E-state index is 0.00217. The molecular formula is C24H28ClN5O3S. The van der Waals surface area contributed by atoms with Gasteiger partial charge in [-0.3, -0.25) is 4.79 Å². The number of amides is 1. The highest BCUT2D eigenvalue weighted by Crippen LogP contribution is 2.51. The number of aromatic nitrogens is 4. The molecule has 3 aromatic rings. The number of hydrogen-bond donors (Lipinski definition) is 1. The fourth-order valence-electron chi connectivity index (χ4n) is 4.14. The number of fused-ring (bicyclic) bond motifs is 1. The van der Waals surface area contributed by atoms with E-state index < -0.39 is 5.25 Å². The molecule has 8 nitrogen and oxygen atoms in total. The number of anilines is 1. The van der Waals surface area contributed by atoms with Gasteiger partial charge in [-0.15, -0.1) is 22.0 Å². The van der Waals surface area contributed by atoms with Crippen LogP contribution in [0.25, 0.3) is 0 Å². The van der Waals surface area contributed by atoms with Crippen LogP contribution < -0.4 is 14.4 Å². The van der Waals surface area contributed by atoms with E-state index in [1.165, 1.54) is 11.8 Å². The van der Waals surface area contributed by atoms with Gasteiger partial charge in [0.25, 0.3) is 0 Å². The number of nitrogens with one attached hydrogen (secondary N) is 1. The van der Waals surface area contributed by atoms with E-state index in [0.29, 0.717) is 35.3 Å². The van der Waals surface area contributed by atoms with Gasteiger partial charge >= 0.3 is 0 Å². The maximum atomic E-state index is 14.0. The highest BCUT2D eigenvalue weighted by molar-refractivity contribution is 8.01. The van der Waals surface area contributed by atoms with Crippen molar-refractivity contribution in [1.29, 1.82) is 0 Å². The number of halogens is 1. The lowest BCUT2D eigenvalue weighted by molar-refractivity contribution is -0.118. The van der Waals surface area contributed by atoms with E-state index in [9.17, 15) is 4.79 Å². The van der Waals surface area contributed by atoms with Crippen molar-refractivity contribution in [3.63, 3.8) is 0 Å². The summed E-state index contributed by atoms with van der Waals surface area (Å²) in [4.78, 5) is 15.9. The topological polar surface area (TPSA) is 93.2 Å². The second kappa shape index (κ2) is 9.84. The molecule has 1 aromatic heterocycles. The van der Waals surface area contributed by atoms with Gasteiger partial charge in [-0.2, -0.15) is 5.21 Å². The van der Waals surface area contributed by atoms with Crippen LogP contribution in [0.1, 0.15) is 43.0 Å². The minimum Gasteiger partial charge on any atom is -0.493 e. The van der Waals surface area contributed by atoms with Crippen molar-refractivity contribution < 1.29 is 14.3 Å². The summed E-state index contributed by atoms with van der Waals surface area (Å²) in [6, 6.07) is 11.5. The number of hydrogen-bond acceptors (Lipinski definition) is 7. The van der Waals surface area contributed by atoms with Gasteiger partial charge in [0.1, 0.15) is 0 Å². The van der Waals surface area contributed by atoms with Crippen LogP contribution in [0.5, 0.6) is 11.5 Å². The molecule has 0 unspecified atom stereocenters. The Bertz CT molecular complexity index is 1170. The molecule has 2 heterocycles. The first-order valence-electron chi connectivity index (χ1n) is 10.9. The third-order valence-corrected chi connectivity index (χ3v) is 7.22. The molecular weight excluding hydrogens is 474 g/mol. The molecule has 0 spiro atoms. The molecule has 1 amide bonds. The van der Waals surface area contributed by atoms with Gasteiger partial charge in [0.15, 0.2) is 17.3 Å². The molecule has 0 saturated carbocycles. The van der Waals surface area contributed by atoms with Crippen molar-refractivity contribution in [3.05, 3.63) is 58.4 Å². The summed E-state index contributed by atoms with van der Waals surface area (Å²) in [5.74, 6) is 1.74. The first kappa shape index (κ1) is 24.3. The average Bonchev–Trinajstić information content (AvgIpc) is 3.28. The van der Waals surface area contributed by atoms with Crippen molar-refractivity contribution in [2.75, 3.05) is 25.7 Å². The monoisotopic (exact) mass is 501 g/mol. The highest BCUT2D eigenvalue weighted by atomic mass is 35.5. The number of aromatic amines is 1. The van der Waals surface area contributed by atoms with Crippen LogP contribution in [0.3, 0.4) is 0 Å². The maximum absolute atomic E-state index is 14.0. The van der Waals surface area contributed by atoms with E-state index in [1.807, 2.05) is 41.3 Å². The maximum Gasteiger partial charge on any atom is 0.240 e. The minimum atomic E-state index is -0.452. The number of methoxy groups -OCH3 is 2. The summed E-state index contributed by atoms with van der Waals surface area (Å²) < 4.78 is 11.3. The third kappa shape index (κ3) is 5.00. The molecule has 0 fully saturated rings. The molecule has 0 aliphatic carbocycles. The third-order valence-electron chi connectivity index (χ3n) is 5.51. The van der Waals surface area contributed by atoms with E-state index in [2.05, 4.69) is 41.4 Å². The number of para-hydroxylation sites is 1. The summed E-state index contributed by atoms with van der Waals surface area (Å²) >= 11 is 8.02. The number of ether oxygens (including phenoxy) is 2. The van der Waals surface area contributed by atoms with Crippen LogP contribution in [0.2, 0.25) is 5.02 Å². The molecule has 1 aliphatic rings. The zero-order chi connectivity index (χ0) is 24.5. The lowest BCUT2D eigenvalue weighted by Gasteiger charge is -2.31. The van der Waals surface area contributed by atoms with Crippen LogP contribution >= 0.6 is 23.4 Å². The van der Waals surface area contributed by atoms with Crippen LogP contribution in [0.15, 0.2) is 36.4 Å². The largest absolute Gasteiger partial charge is 0.493 e. The number of H-pyrrole nitrogens is 1. The number of rotatable bonds is 6. The van der Waals surface area contributed by atoms with Gasteiger partial charge in [-0.05, 0) is 35.2 Å². The lowest BCUT2D eigenvalue weighted by atomic mass is 9.94. The van der Waals surface area contributed by atoms with Gasteiger partial charge in [-0.1, -0.05) is 49.7 Å². The second-order valence-electron chi connectivity index (χ2n) is 9.31. The highest BCUT2D eigenvalue weighted by Gasteiger charge is 2.39. The summed E-state index contributed by atoms with van der Waals surface area (Å²) in [5, 5.41) is 14.3. The normalized spacial score (nSPS) is 18.4. The van der Waals surface area contributed by atoms with Crippen LogP contribution in [-0.4, -0.2) is 52.5 Å². The molecule has 0 radical (unpaired) electrons. The number of carbonyl (C=O) groups is 1. The van der Waals surface area contributed by atoms with E-state index in [1.54, 1.807) is 14.2 Å². The first-order valence-corrected chi connectivity index (χ1v) is 12.2. The Hall–Kier alpha value is -2.78. The molecule has 4 rings (SSSR count). The van der Waals surface area contributed by atoms with Crippen LogP contribution in [-0.2, 0) is 11.2 Å². The molecule has 10 heteroatoms. The molecule has 2 atom stereocenters. The van der Waals surface area contributed by atoms with Crippen LogP contribution in [0, 0.1) is 5.41 Å². The Morgan fingerprint density at radius 2 is 1.94 bits per heavy atom. The average molecular weight is 502 g/mol. The SMILES string of the molecule is COc1cccc([C@H]2S[C@H](Cc3nn[nH]n3)C(=O)N(CC(C)(C)C)c3ccc(Cl)cc32)c1OC. The standard InChI is InChI=1S/C24H28ClN5O3S/c1-24(2,3)13-30-17-10-9-14(25)11-16(17)22(15-7-6-8-18(32-4)21(15)33-5)34-19(23(30)31)12-20-26-28-29-27-20/h6-11,19,22H,12-13H2,1-5H3,(H,26,27,28,29)/t19-,22-/m1/s1. The zero-order valence-corrected chi connectivity index (χ0v) is 21.4. The number of carbonyl (C=O) groups excluding carboxylic acids is 1. The predicted octanol–water partition coefficient (Wildman–Crippen LogP) is 4.70. The molecule has 0 saturated heterocycles. The number of benzene rings is 2. The molecule has 34 heavy (non-hydrogen) atoms. The number of nitrogens with zero attached hydrogens (tertiary/aromatic N) is 4. The summed E-state index contributed by atoms with van der Waals surface area (Å²) in [6.45, 7) is 6.89. The summed E-state index contributed by atoms with van der Waals surface area (Å²) in [6.07, 6.45) is 0.338. The van der Waals surface area contributed by atoms with E-state index >= 15 is 0 Å². The molecule has 0 bridgehead atoms. The van der Waals surface area contributed by atoms with Gasteiger partial charge in [0.2, 0.25) is 5.91 Å². The smallest absolute Gasteiger partial charge is 0.240 e. The van der Waals surface area contributed by atoms with E-state index in [0.717, 1.165) is 16.8 Å². The van der Waals surface area contributed by atoms with Gasteiger partial charge in [-0.25, -0.2) is 0 Å². The van der Waals surface area contributed by atoms with E-state index in [4.69, 9.17) is 21.1 Å². The molecule has 1 aliphatic heterocycles. The van der Waals surface area contributed by atoms with E-state index in [-0.39, 0.29) is 16.6 Å². The first-order chi connectivity index (χ1) is 16.2. The number of thioether (sulfide) groups is 1. The lowest BCUT2D eigenvalue weighted by Crippen LogP contribution is -2.42. The van der Waals surface area contributed by atoms with Crippen molar-refractivity contribution >= 4 is 35.0 Å².